The summed E-state index contributed by atoms with van der Waals surface area (Å²) in [6.45, 7) is 0.114. The molecular weight excluding hydrogens is 370 g/mol. The summed E-state index contributed by atoms with van der Waals surface area (Å²) < 4.78 is 7.26. The lowest BCUT2D eigenvalue weighted by molar-refractivity contribution is 0.0688. The average Bonchev–Trinajstić information content (AvgIpc) is 3.19. The van der Waals surface area contributed by atoms with E-state index in [4.69, 9.17) is 4.42 Å². The van der Waals surface area contributed by atoms with Crippen molar-refractivity contribution in [1.82, 2.24) is 24.3 Å². The Balaban J connectivity index is 1.62. The number of H-pyrrole nitrogens is 1. The Morgan fingerprint density at radius 2 is 2.07 bits per heavy atom. The zero-order valence-electron chi connectivity index (χ0n) is 14.4. The van der Waals surface area contributed by atoms with Gasteiger partial charge in [0, 0.05) is 25.9 Å². The Bertz CT molecular complexity index is 1370. The molecule has 0 unspecified atom stereocenters. The number of hydrogen-bond acceptors (Lipinski definition) is 6. The summed E-state index contributed by atoms with van der Waals surface area (Å²) in [4.78, 5) is 53.4. The van der Waals surface area contributed by atoms with E-state index in [9.17, 15) is 24.3 Å². The summed E-state index contributed by atoms with van der Waals surface area (Å²) >= 11 is 0. The van der Waals surface area contributed by atoms with Crippen molar-refractivity contribution in [3.8, 4) is 0 Å². The van der Waals surface area contributed by atoms with Crippen LogP contribution in [0.5, 0.6) is 0 Å². The summed E-state index contributed by atoms with van der Waals surface area (Å²) in [6, 6.07) is 6.04. The minimum atomic E-state index is -1.37. The number of imidazole rings is 1. The first-order valence-corrected chi connectivity index (χ1v) is 8.06. The van der Waals surface area contributed by atoms with Gasteiger partial charge < -0.3 is 19.8 Å². The van der Waals surface area contributed by atoms with Crippen molar-refractivity contribution >= 4 is 28.6 Å². The first kappa shape index (κ1) is 17.3. The molecule has 0 bridgehead atoms. The van der Waals surface area contributed by atoms with E-state index in [0.717, 1.165) is 10.5 Å². The van der Waals surface area contributed by atoms with Crippen LogP contribution in [-0.4, -0.2) is 35.9 Å². The van der Waals surface area contributed by atoms with Gasteiger partial charge in [0.25, 0.3) is 5.91 Å². The maximum absolute atomic E-state index is 12.4. The third kappa shape index (κ3) is 2.74. The van der Waals surface area contributed by atoms with Crippen LogP contribution in [0, 0.1) is 0 Å². The van der Waals surface area contributed by atoms with Gasteiger partial charge in [0.15, 0.2) is 11.2 Å². The third-order valence-electron chi connectivity index (χ3n) is 4.27. The molecule has 4 aromatic rings. The summed E-state index contributed by atoms with van der Waals surface area (Å²) in [7, 11) is 1.57. The fourth-order valence-corrected chi connectivity index (χ4v) is 2.85. The van der Waals surface area contributed by atoms with E-state index in [-0.39, 0.29) is 23.6 Å². The number of aromatic carboxylic acids is 1. The summed E-state index contributed by atoms with van der Waals surface area (Å²) in [5, 5.41) is 11.9. The molecule has 11 heteroatoms. The van der Waals surface area contributed by atoms with Crippen molar-refractivity contribution in [2.75, 3.05) is 0 Å². The second-order valence-corrected chi connectivity index (χ2v) is 6.03. The maximum atomic E-state index is 12.4. The van der Waals surface area contributed by atoms with E-state index in [0.29, 0.717) is 16.7 Å². The van der Waals surface area contributed by atoms with Crippen LogP contribution in [0.4, 0.5) is 0 Å². The molecule has 0 aliphatic rings. The number of nitrogens with one attached hydrogen (secondary N) is 2. The number of nitrogens with zero attached hydrogens (tertiary/aromatic N) is 3. The van der Waals surface area contributed by atoms with Crippen LogP contribution in [0.25, 0.3) is 16.7 Å². The minimum absolute atomic E-state index is 0.0184. The Kier molecular flexibility index (Phi) is 3.84. The summed E-state index contributed by atoms with van der Waals surface area (Å²) in [5.41, 5.74) is 0.546. The molecule has 142 valence electrons. The van der Waals surface area contributed by atoms with Crippen molar-refractivity contribution in [2.45, 2.75) is 6.54 Å². The number of carbonyl (C=O) groups is 2. The number of benzene rings is 1. The van der Waals surface area contributed by atoms with Gasteiger partial charge in [0.05, 0.1) is 5.52 Å². The number of oxazole rings is 1. The third-order valence-corrected chi connectivity index (χ3v) is 4.27. The molecule has 0 saturated carbocycles. The number of aryl methyl sites for hydroxylation is 1. The van der Waals surface area contributed by atoms with Gasteiger partial charge in [-0.05, 0) is 17.7 Å². The summed E-state index contributed by atoms with van der Waals surface area (Å²) in [6.07, 6.45) is 1.22. The fourth-order valence-electron chi connectivity index (χ4n) is 2.85. The van der Waals surface area contributed by atoms with Crippen molar-refractivity contribution in [3.63, 3.8) is 0 Å². The smallest absolute Gasteiger partial charge is 0.419 e. The zero-order valence-corrected chi connectivity index (χ0v) is 14.4. The zero-order chi connectivity index (χ0) is 20.0. The van der Waals surface area contributed by atoms with Crippen LogP contribution in [0.1, 0.15) is 26.5 Å². The molecule has 11 nitrogen and oxygen atoms in total. The van der Waals surface area contributed by atoms with Crippen LogP contribution in [-0.2, 0) is 13.6 Å². The molecular formula is C17H13N5O6. The highest BCUT2D eigenvalue weighted by molar-refractivity contribution is 5.96. The van der Waals surface area contributed by atoms with Gasteiger partial charge in [-0.1, -0.05) is 6.07 Å². The van der Waals surface area contributed by atoms with E-state index in [1.165, 1.54) is 10.8 Å². The number of hydrogen-bond donors (Lipinski definition) is 3. The van der Waals surface area contributed by atoms with Gasteiger partial charge in [-0.2, -0.15) is 0 Å². The normalized spacial score (nSPS) is 11.2. The minimum Gasteiger partial charge on any atom is -0.477 e. The highest BCUT2D eigenvalue weighted by atomic mass is 16.4. The van der Waals surface area contributed by atoms with Crippen LogP contribution in [0.3, 0.4) is 0 Å². The first-order chi connectivity index (χ1) is 13.3. The van der Waals surface area contributed by atoms with Gasteiger partial charge in [0.1, 0.15) is 11.4 Å². The standard InChI is InChI=1S/C17H13N5O6/c1-21-10-4-8(2-3-12(10)28-17(21)27)6-18-14(23)9-5-11(15(24)25)22-13(20-9)7-19-16(22)26/h2-5,7H,6H2,1H3,(H,18,23)(H,19,26)(H,24,25). The van der Waals surface area contributed by atoms with E-state index in [1.807, 2.05) is 0 Å². The SMILES string of the molecule is Cn1c(=O)oc2ccc(CNC(=O)c3cc(C(=O)O)n4c(=O)[nH]cc4n3)cc21. The molecule has 3 aromatic heterocycles. The molecule has 1 aromatic carbocycles. The topological polar surface area (TPSA) is 152 Å². The van der Waals surface area contributed by atoms with Crippen LogP contribution < -0.4 is 16.8 Å². The predicted molar refractivity (Wildman–Crippen MR) is 95.4 cm³/mol. The van der Waals surface area contributed by atoms with Gasteiger partial charge in [-0.15, -0.1) is 0 Å². The Morgan fingerprint density at radius 1 is 1.29 bits per heavy atom. The number of carbonyl (C=O) groups excluding carboxylic acids is 1. The van der Waals surface area contributed by atoms with Crippen molar-refractivity contribution in [1.29, 1.82) is 0 Å². The van der Waals surface area contributed by atoms with Crippen LogP contribution >= 0.6 is 0 Å². The molecule has 4 rings (SSSR count). The molecule has 3 heterocycles. The lowest BCUT2D eigenvalue weighted by Crippen LogP contribution is -2.26. The fraction of sp³-hybridized carbons (Fsp3) is 0.118. The number of amides is 1. The van der Waals surface area contributed by atoms with Crippen molar-refractivity contribution in [3.05, 3.63) is 68.4 Å². The Labute approximate surface area is 154 Å². The van der Waals surface area contributed by atoms with E-state index < -0.39 is 23.3 Å². The molecule has 1 amide bonds. The molecule has 0 atom stereocenters. The van der Waals surface area contributed by atoms with Crippen molar-refractivity contribution in [2.24, 2.45) is 7.05 Å². The molecule has 28 heavy (non-hydrogen) atoms. The number of rotatable bonds is 4. The lowest BCUT2D eigenvalue weighted by atomic mass is 10.2. The average molecular weight is 383 g/mol. The Morgan fingerprint density at radius 3 is 2.82 bits per heavy atom. The molecule has 0 radical (unpaired) electrons. The van der Waals surface area contributed by atoms with E-state index in [1.54, 1.807) is 25.2 Å². The first-order valence-electron chi connectivity index (χ1n) is 8.06. The largest absolute Gasteiger partial charge is 0.477 e. The lowest BCUT2D eigenvalue weighted by Gasteiger charge is -2.07. The molecule has 0 spiro atoms. The second-order valence-electron chi connectivity index (χ2n) is 6.03. The maximum Gasteiger partial charge on any atom is 0.419 e. The molecule has 0 aliphatic heterocycles. The molecule has 3 N–H and O–H groups in total. The highest BCUT2D eigenvalue weighted by Crippen LogP contribution is 2.14. The van der Waals surface area contributed by atoms with Gasteiger partial charge in [-0.25, -0.2) is 23.8 Å². The summed E-state index contributed by atoms with van der Waals surface area (Å²) in [5.74, 6) is -2.47. The molecule has 0 saturated heterocycles. The number of aromatic nitrogens is 4. The molecule has 0 aliphatic carbocycles. The van der Waals surface area contributed by atoms with Crippen molar-refractivity contribution < 1.29 is 19.1 Å². The van der Waals surface area contributed by atoms with Crippen LogP contribution in [0.15, 0.2) is 44.5 Å². The monoisotopic (exact) mass is 383 g/mol. The highest BCUT2D eigenvalue weighted by Gasteiger charge is 2.18. The second kappa shape index (κ2) is 6.23. The van der Waals surface area contributed by atoms with Gasteiger partial charge in [0.2, 0.25) is 0 Å². The molecule has 0 fully saturated rings. The van der Waals surface area contributed by atoms with Gasteiger partial charge >= 0.3 is 17.4 Å². The van der Waals surface area contributed by atoms with E-state index >= 15 is 0 Å². The number of carboxylic acid groups (broad SMARTS) is 1. The van der Waals surface area contributed by atoms with Gasteiger partial charge in [-0.3, -0.25) is 9.36 Å². The number of fused-ring (bicyclic) bond motifs is 2. The number of carboxylic acids is 1. The van der Waals surface area contributed by atoms with E-state index in [2.05, 4.69) is 15.3 Å². The Hall–Kier alpha value is -4.15. The quantitative estimate of drug-likeness (QED) is 0.452. The number of aromatic amines is 1. The predicted octanol–water partition coefficient (Wildman–Crippen LogP) is 0.0957. The van der Waals surface area contributed by atoms with Crippen LogP contribution in [0.2, 0.25) is 0 Å².